The van der Waals surface area contributed by atoms with Gasteiger partial charge >= 0.3 is 0 Å². The average Bonchev–Trinajstić information content (AvgIpc) is 3.38. The first-order chi connectivity index (χ1) is 14.4. The maximum absolute atomic E-state index is 14.0. The van der Waals surface area contributed by atoms with Crippen LogP contribution in [0.1, 0.15) is 26.7 Å². The average molecular weight is 413 g/mol. The Morgan fingerprint density at radius 2 is 2.17 bits per heavy atom. The number of rotatable bonds is 5. The van der Waals surface area contributed by atoms with Gasteiger partial charge in [-0.05, 0) is 31.5 Å². The molecular formula is C22H28FN5O2. The van der Waals surface area contributed by atoms with E-state index in [0.717, 1.165) is 44.8 Å². The molecule has 8 heteroatoms. The third kappa shape index (κ3) is 3.96. The Balaban J connectivity index is 1.62. The predicted octanol–water partition coefficient (Wildman–Crippen LogP) is 3.22. The number of hydrogen-bond acceptors (Lipinski definition) is 6. The fourth-order valence-corrected chi connectivity index (χ4v) is 4.34. The van der Waals surface area contributed by atoms with Crippen LogP contribution >= 0.6 is 0 Å². The molecule has 2 aliphatic rings. The molecule has 4 rings (SSSR count). The van der Waals surface area contributed by atoms with Gasteiger partial charge in [-0.25, -0.2) is 14.4 Å². The van der Waals surface area contributed by atoms with Crippen LogP contribution in [0.2, 0.25) is 0 Å². The number of halogens is 1. The van der Waals surface area contributed by atoms with Crippen molar-refractivity contribution in [3.63, 3.8) is 0 Å². The lowest BCUT2D eigenvalue weighted by Gasteiger charge is -2.25. The van der Waals surface area contributed by atoms with Gasteiger partial charge in [0.25, 0.3) is 0 Å². The molecule has 1 N–H and O–H groups in total. The second-order valence-corrected chi connectivity index (χ2v) is 8.57. The highest BCUT2D eigenvalue weighted by Crippen LogP contribution is 2.42. The number of carbonyl (C=O) groups is 1. The highest BCUT2D eigenvalue weighted by atomic mass is 19.1. The van der Waals surface area contributed by atoms with Gasteiger partial charge in [0.15, 0.2) is 17.3 Å². The van der Waals surface area contributed by atoms with Crippen molar-refractivity contribution in [1.29, 1.82) is 0 Å². The maximum atomic E-state index is 14.0. The zero-order valence-electron chi connectivity index (χ0n) is 17.7. The molecule has 160 valence electrons. The summed E-state index contributed by atoms with van der Waals surface area (Å²) in [6.07, 6.45) is 5.41. The van der Waals surface area contributed by atoms with Crippen molar-refractivity contribution in [2.75, 3.05) is 43.0 Å². The first kappa shape index (κ1) is 20.5. The van der Waals surface area contributed by atoms with Crippen LogP contribution in [0, 0.1) is 17.2 Å². The number of ether oxygens (including phenoxy) is 1. The van der Waals surface area contributed by atoms with Gasteiger partial charge in [0, 0.05) is 44.1 Å². The number of benzene rings is 1. The van der Waals surface area contributed by atoms with E-state index >= 15 is 0 Å². The Morgan fingerprint density at radius 1 is 1.33 bits per heavy atom. The largest absolute Gasteiger partial charge is 0.450 e. The second kappa shape index (κ2) is 8.18. The molecule has 0 saturated carbocycles. The zero-order valence-corrected chi connectivity index (χ0v) is 17.7. The van der Waals surface area contributed by atoms with E-state index in [-0.39, 0.29) is 17.2 Å². The van der Waals surface area contributed by atoms with E-state index in [9.17, 15) is 9.18 Å². The number of nitrogens with one attached hydrogen (secondary N) is 1. The van der Waals surface area contributed by atoms with E-state index in [0.29, 0.717) is 17.2 Å². The molecule has 3 heterocycles. The summed E-state index contributed by atoms with van der Waals surface area (Å²) in [4.78, 5) is 24.8. The van der Waals surface area contributed by atoms with Crippen molar-refractivity contribution < 1.29 is 13.9 Å². The van der Waals surface area contributed by atoms with E-state index < -0.39 is 5.82 Å². The summed E-state index contributed by atoms with van der Waals surface area (Å²) in [6.45, 7) is 7.50. The Hall–Kier alpha value is -2.74. The number of anilines is 2. The summed E-state index contributed by atoms with van der Waals surface area (Å²) in [5.74, 6) is 0.842. The van der Waals surface area contributed by atoms with Crippen molar-refractivity contribution in [2.24, 2.45) is 11.3 Å². The second-order valence-electron chi connectivity index (χ2n) is 8.57. The molecule has 1 unspecified atom stereocenters. The fraction of sp³-hybridized carbons (Fsp3) is 0.500. The third-order valence-corrected chi connectivity index (χ3v) is 6.06. The van der Waals surface area contributed by atoms with Gasteiger partial charge < -0.3 is 19.9 Å². The molecule has 1 amide bonds. The number of amides is 1. The van der Waals surface area contributed by atoms with Crippen LogP contribution < -0.4 is 19.9 Å². The summed E-state index contributed by atoms with van der Waals surface area (Å²) in [6, 6.07) is 4.18. The highest BCUT2D eigenvalue weighted by Gasteiger charge is 2.41. The highest BCUT2D eigenvalue weighted by molar-refractivity contribution is 5.95. The van der Waals surface area contributed by atoms with Crippen LogP contribution in [0.3, 0.4) is 0 Å². The third-order valence-electron chi connectivity index (χ3n) is 6.06. The molecule has 2 aliphatic heterocycles. The molecule has 7 nitrogen and oxygen atoms in total. The van der Waals surface area contributed by atoms with Crippen molar-refractivity contribution in [2.45, 2.75) is 26.7 Å². The van der Waals surface area contributed by atoms with Gasteiger partial charge in [-0.2, -0.15) is 0 Å². The number of aromatic nitrogens is 2. The molecule has 2 saturated heterocycles. The van der Waals surface area contributed by atoms with Gasteiger partial charge in [0.05, 0.1) is 11.9 Å². The lowest BCUT2D eigenvalue weighted by atomic mass is 9.87. The predicted molar refractivity (Wildman–Crippen MR) is 114 cm³/mol. The van der Waals surface area contributed by atoms with Crippen molar-refractivity contribution in [3.8, 4) is 11.5 Å². The normalized spacial score (nSPS) is 20.9. The van der Waals surface area contributed by atoms with Crippen LogP contribution in [-0.4, -0.2) is 49.1 Å². The molecule has 0 radical (unpaired) electrons. The monoisotopic (exact) mass is 413 g/mol. The van der Waals surface area contributed by atoms with Gasteiger partial charge in [0.1, 0.15) is 12.1 Å². The molecule has 1 aromatic heterocycles. The summed E-state index contributed by atoms with van der Waals surface area (Å²) in [5, 5.41) is 3.46. The molecule has 1 atom stereocenters. The molecule has 1 aromatic carbocycles. The Labute approximate surface area is 176 Å². The van der Waals surface area contributed by atoms with Crippen LogP contribution in [0.15, 0.2) is 30.7 Å². The topological polar surface area (TPSA) is 70.6 Å². The molecule has 2 aromatic rings. The molecule has 0 bridgehead atoms. The Morgan fingerprint density at radius 3 is 2.90 bits per heavy atom. The van der Waals surface area contributed by atoms with Gasteiger partial charge in [-0.15, -0.1) is 0 Å². The SMILES string of the molecule is CC(C)C(=O)N(C)c1cc(F)ccc1Oc1cncnc1N1CCC2(CCNC2)C1. The van der Waals surface area contributed by atoms with E-state index in [4.69, 9.17) is 4.74 Å². The maximum Gasteiger partial charge on any atom is 0.229 e. The minimum absolute atomic E-state index is 0.120. The lowest BCUT2D eigenvalue weighted by molar-refractivity contribution is -0.121. The smallest absolute Gasteiger partial charge is 0.229 e. The van der Waals surface area contributed by atoms with Crippen LogP contribution in [-0.2, 0) is 4.79 Å². The molecule has 0 aliphatic carbocycles. The van der Waals surface area contributed by atoms with Crippen LogP contribution in [0.5, 0.6) is 11.5 Å². The Bertz CT molecular complexity index is 929. The molecule has 1 spiro atoms. The van der Waals surface area contributed by atoms with Gasteiger partial charge in [-0.3, -0.25) is 4.79 Å². The van der Waals surface area contributed by atoms with E-state index in [1.165, 1.54) is 29.4 Å². The number of carbonyl (C=O) groups excluding carboxylic acids is 1. The van der Waals surface area contributed by atoms with Gasteiger partial charge in [-0.1, -0.05) is 13.8 Å². The lowest BCUT2D eigenvalue weighted by Crippen LogP contribution is -2.30. The summed E-state index contributed by atoms with van der Waals surface area (Å²) >= 11 is 0. The summed E-state index contributed by atoms with van der Waals surface area (Å²) < 4.78 is 20.1. The van der Waals surface area contributed by atoms with Crippen molar-refractivity contribution >= 4 is 17.4 Å². The minimum Gasteiger partial charge on any atom is -0.450 e. The first-order valence-corrected chi connectivity index (χ1v) is 10.4. The Kier molecular flexibility index (Phi) is 5.60. The summed E-state index contributed by atoms with van der Waals surface area (Å²) in [7, 11) is 1.63. The van der Waals surface area contributed by atoms with Crippen LogP contribution in [0.4, 0.5) is 15.9 Å². The fourth-order valence-electron chi connectivity index (χ4n) is 4.34. The molecular weight excluding hydrogens is 385 g/mol. The quantitative estimate of drug-likeness (QED) is 0.812. The van der Waals surface area contributed by atoms with Crippen molar-refractivity contribution in [1.82, 2.24) is 15.3 Å². The van der Waals surface area contributed by atoms with E-state index in [1.807, 2.05) is 13.8 Å². The van der Waals surface area contributed by atoms with E-state index in [1.54, 1.807) is 13.2 Å². The molecule has 2 fully saturated rings. The first-order valence-electron chi connectivity index (χ1n) is 10.4. The van der Waals surface area contributed by atoms with Gasteiger partial charge in [0.2, 0.25) is 5.91 Å². The zero-order chi connectivity index (χ0) is 21.3. The standard InChI is InChI=1S/C22H28FN5O2/c1-15(2)21(29)27(3)17-10-16(23)4-5-18(17)30-19-11-25-14-26-20(19)28-9-7-22(13-28)6-8-24-12-22/h4-5,10-11,14-15,24H,6-9,12-13H2,1-3H3. The molecule has 30 heavy (non-hydrogen) atoms. The van der Waals surface area contributed by atoms with Crippen molar-refractivity contribution in [3.05, 3.63) is 36.5 Å². The van der Waals surface area contributed by atoms with E-state index in [2.05, 4.69) is 20.2 Å². The number of hydrogen-bond donors (Lipinski definition) is 1. The summed E-state index contributed by atoms with van der Waals surface area (Å²) in [5.41, 5.74) is 0.661. The minimum atomic E-state index is -0.430. The number of nitrogens with zero attached hydrogens (tertiary/aromatic N) is 4. The van der Waals surface area contributed by atoms with Crippen LogP contribution in [0.25, 0.3) is 0 Å².